The number of nitriles is 1. The fraction of sp³-hybridized carbons (Fsp3) is 0.900. The second-order valence-corrected chi connectivity index (χ2v) is 4.60. The molecule has 0 amide bonds. The number of nitrogens with zero attached hydrogens (tertiary/aromatic N) is 2. The van der Waals surface area contributed by atoms with E-state index in [1.807, 2.05) is 0 Å². The fourth-order valence-corrected chi connectivity index (χ4v) is 2.15. The number of hydrogen-bond donors (Lipinski definition) is 0. The summed E-state index contributed by atoms with van der Waals surface area (Å²) in [5.41, 5.74) is 0. The van der Waals surface area contributed by atoms with E-state index < -0.39 is 0 Å². The van der Waals surface area contributed by atoms with Gasteiger partial charge >= 0.3 is 0 Å². The predicted molar refractivity (Wildman–Crippen MR) is 54.7 cm³/mol. The van der Waals surface area contributed by atoms with Gasteiger partial charge in [-0.05, 0) is 32.2 Å². The van der Waals surface area contributed by atoms with Gasteiger partial charge in [0, 0.05) is 12.6 Å². The molecule has 0 saturated carbocycles. The molecule has 0 N–H and O–H groups in total. The summed E-state index contributed by atoms with van der Waals surface area (Å²) in [6, 6.07) is 2.65. The third kappa shape index (κ3) is 3.17. The molecule has 3 atom stereocenters. The molecule has 3 unspecified atom stereocenters. The van der Waals surface area contributed by atoms with Crippen LogP contribution in [0.2, 0.25) is 0 Å². The predicted octanol–water partition coefficient (Wildman–Crippen LogP) is 2.24. The molecule has 3 heteroatoms. The maximum atomic E-state index is 8.60. The van der Waals surface area contributed by atoms with Crippen LogP contribution in [-0.4, -0.2) is 29.4 Å². The topological polar surface area (TPSA) is 27.0 Å². The van der Waals surface area contributed by atoms with E-state index in [1.165, 1.54) is 12.8 Å². The molecule has 1 aliphatic rings. The molecule has 0 aliphatic carbocycles. The molecule has 1 heterocycles. The van der Waals surface area contributed by atoms with Gasteiger partial charge in [0.05, 0.1) is 6.07 Å². The summed E-state index contributed by atoms with van der Waals surface area (Å²) >= 11 is 5.80. The maximum Gasteiger partial charge on any atom is 0.133 e. The van der Waals surface area contributed by atoms with Gasteiger partial charge in [-0.2, -0.15) is 5.26 Å². The molecule has 1 rings (SSSR count). The zero-order valence-electron chi connectivity index (χ0n) is 8.33. The van der Waals surface area contributed by atoms with Crippen molar-refractivity contribution in [3.05, 3.63) is 0 Å². The van der Waals surface area contributed by atoms with Crippen LogP contribution in [0.4, 0.5) is 0 Å². The van der Waals surface area contributed by atoms with Crippen molar-refractivity contribution in [2.24, 2.45) is 5.92 Å². The van der Waals surface area contributed by atoms with Crippen molar-refractivity contribution < 1.29 is 0 Å². The molecule has 1 aliphatic heterocycles. The van der Waals surface area contributed by atoms with Crippen LogP contribution in [0.3, 0.4) is 0 Å². The average molecular weight is 201 g/mol. The number of halogens is 1. The summed E-state index contributed by atoms with van der Waals surface area (Å²) in [7, 11) is 0. The van der Waals surface area contributed by atoms with E-state index in [2.05, 4.69) is 24.8 Å². The van der Waals surface area contributed by atoms with E-state index in [1.54, 1.807) is 0 Å². The van der Waals surface area contributed by atoms with E-state index in [9.17, 15) is 0 Å². The minimum Gasteiger partial charge on any atom is -0.298 e. The molecule has 0 aromatic heterocycles. The first-order valence-electron chi connectivity index (χ1n) is 4.91. The largest absolute Gasteiger partial charge is 0.298 e. The summed E-state index contributed by atoms with van der Waals surface area (Å²) in [6.07, 6.45) is 2.47. The lowest BCUT2D eigenvalue weighted by Crippen LogP contribution is -2.42. The van der Waals surface area contributed by atoms with Crippen molar-refractivity contribution in [1.82, 2.24) is 4.90 Å². The Hall–Kier alpha value is -0.260. The normalized spacial score (nSPS) is 32.5. The first-order valence-corrected chi connectivity index (χ1v) is 5.35. The van der Waals surface area contributed by atoms with Gasteiger partial charge in [0.25, 0.3) is 0 Å². The molecule has 0 bridgehead atoms. The Bertz CT molecular complexity index is 200. The molecule has 0 spiro atoms. The molecule has 13 heavy (non-hydrogen) atoms. The SMILES string of the molecule is CC1CCN(CC(Cl)C#N)C(C)C1. The molecule has 0 aromatic rings. The highest BCUT2D eigenvalue weighted by atomic mass is 35.5. The van der Waals surface area contributed by atoms with Crippen molar-refractivity contribution in [3.8, 4) is 6.07 Å². The zero-order valence-corrected chi connectivity index (χ0v) is 9.09. The first-order chi connectivity index (χ1) is 6.13. The van der Waals surface area contributed by atoms with Crippen LogP contribution < -0.4 is 0 Å². The van der Waals surface area contributed by atoms with Crippen LogP contribution in [0.25, 0.3) is 0 Å². The van der Waals surface area contributed by atoms with Crippen molar-refractivity contribution in [2.75, 3.05) is 13.1 Å². The Balaban J connectivity index is 2.39. The zero-order chi connectivity index (χ0) is 9.84. The van der Waals surface area contributed by atoms with Gasteiger partial charge in [-0.15, -0.1) is 11.6 Å². The first kappa shape index (κ1) is 10.8. The van der Waals surface area contributed by atoms with Gasteiger partial charge in [0.2, 0.25) is 0 Å². The van der Waals surface area contributed by atoms with Crippen molar-refractivity contribution in [3.63, 3.8) is 0 Å². The molecule has 0 aromatic carbocycles. The lowest BCUT2D eigenvalue weighted by atomic mass is 9.93. The highest BCUT2D eigenvalue weighted by molar-refractivity contribution is 6.22. The van der Waals surface area contributed by atoms with Gasteiger partial charge in [-0.1, -0.05) is 6.92 Å². The second kappa shape index (κ2) is 4.83. The summed E-state index contributed by atoms with van der Waals surface area (Å²) in [6.45, 7) is 6.31. The number of rotatable bonds is 2. The Morgan fingerprint density at radius 3 is 2.85 bits per heavy atom. The smallest absolute Gasteiger partial charge is 0.133 e. The van der Waals surface area contributed by atoms with Crippen LogP contribution >= 0.6 is 11.6 Å². The average Bonchev–Trinajstić information content (AvgIpc) is 2.09. The lowest BCUT2D eigenvalue weighted by molar-refractivity contribution is 0.133. The minimum atomic E-state index is -0.351. The molecule has 1 saturated heterocycles. The van der Waals surface area contributed by atoms with Crippen LogP contribution in [0.1, 0.15) is 26.7 Å². The van der Waals surface area contributed by atoms with Crippen molar-refractivity contribution in [1.29, 1.82) is 5.26 Å². The van der Waals surface area contributed by atoms with E-state index in [0.29, 0.717) is 12.6 Å². The van der Waals surface area contributed by atoms with Gasteiger partial charge in [0.1, 0.15) is 5.38 Å². The summed E-state index contributed by atoms with van der Waals surface area (Å²) < 4.78 is 0. The van der Waals surface area contributed by atoms with E-state index >= 15 is 0 Å². The van der Waals surface area contributed by atoms with Crippen LogP contribution in [0, 0.1) is 17.2 Å². The second-order valence-electron chi connectivity index (χ2n) is 4.07. The summed E-state index contributed by atoms with van der Waals surface area (Å²) in [5, 5.41) is 8.24. The molecule has 1 fully saturated rings. The molecular weight excluding hydrogens is 184 g/mol. The van der Waals surface area contributed by atoms with E-state index in [0.717, 1.165) is 12.5 Å². The van der Waals surface area contributed by atoms with Crippen LogP contribution in [0.5, 0.6) is 0 Å². The van der Waals surface area contributed by atoms with E-state index in [4.69, 9.17) is 16.9 Å². The fourth-order valence-electron chi connectivity index (χ4n) is 1.97. The Morgan fingerprint density at radius 2 is 2.31 bits per heavy atom. The Morgan fingerprint density at radius 1 is 1.62 bits per heavy atom. The third-order valence-corrected chi connectivity index (χ3v) is 3.05. The third-order valence-electron chi connectivity index (χ3n) is 2.81. The highest BCUT2D eigenvalue weighted by Gasteiger charge is 2.24. The standard InChI is InChI=1S/C10H17ClN2/c1-8-3-4-13(9(2)5-8)7-10(11)6-12/h8-10H,3-5,7H2,1-2H3. The number of alkyl halides is 1. The number of likely N-dealkylation sites (tertiary alicyclic amines) is 1. The molecule has 74 valence electrons. The molecular formula is C10H17ClN2. The van der Waals surface area contributed by atoms with Crippen molar-refractivity contribution >= 4 is 11.6 Å². The highest BCUT2D eigenvalue weighted by Crippen LogP contribution is 2.22. The maximum absolute atomic E-state index is 8.60. The number of hydrogen-bond acceptors (Lipinski definition) is 2. The van der Waals surface area contributed by atoms with Crippen LogP contribution in [-0.2, 0) is 0 Å². The van der Waals surface area contributed by atoms with Crippen molar-refractivity contribution in [2.45, 2.75) is 38.1 Å². The summed E-state index contributed by atoms with van der Waals surface area (Å²) in [4.78, 5) is 2.32. The minimum absolute atomic E-state index is 0.351. The Labute approximate surface area is 85.5 Å². The van der Waals surface area contributed by atoms with Gasteiger partial charge in [0.15, 0.2) is 0 Å². The summed E-state index contributed by atoms with van der Waals surface area (Å²) in [5.74, 6) is 0.821. The lowest BCUT2D eigenvalue weighted by Gasteiger charge is -2.36. The monoisotopic (exact) mass is 200 g/mol. The Kier molecular flexibility index (Phi) is 4.02. The van der Waals surface area contributed by atoms with Crippen LogP contribution in [0.15, 0.2) is 0 Å². The quantitative estimate of drug-likeness (QED) is 0.640. The molecule has 2 nitrogen and oxygen atoms in total. The van der Waals surface area contributed by atoms with Gasteiger partial charge in [-0.25, -0.2) is 0 Å². The molecule has 0 radical (unpaired) electrons. The number of piperidine rings is 1. The van der Waals surface area contributed by atoms with Gasteiger partial charge in [-0.3, -0.25) is 4.90 Å². The van der Waals surface area contributed by atoms with E-state index in [-0.39, 0.29) is 5.38 Å². The van der Waals surface area contributed by atoms with Gasteiger partial charge < -0.3 is 0 Å².